The molecule has 0 heterocycles. The van der Waals surface area contributed by atoms with Crippen molar-refractivity contribution in [1.82, 2.24) is 4.72 Å². The molecule has 0 spiro atoms. The molecular weight excluding hydrogens is 342 g/mol. The van der Waals surface area contributed by atoms with Gasteiger partial charge in [-0.1, -0.05) is 29.8 Å². The number of carbonyl (C=O) groups is 1. The van der Waals surface area contributed by atoms with Gasteiger partial charge in [0.15, 0.2) is 0 Å². The summed E-state index contributed by atoms with van der Waals surface area (Å²) in [5.74, 6) is 0.135. The number of ether oxygens (including phenoxy) is 2. The molecule has 2 rings (SSSR count). The third-order valence-corrected chi connectivity index (χ3v) is 4.97. The van der Waals surface area contributed by atoms with Crippen LogP contribution in [0.3, 0.4) is 0 Å². The Balaban J connectivity index is 1.77. The van der Waals surface area contributed by atoms with E-state index in [0.717, 1.165) is 16.9 Å². The second kappa shape index (κ2) is 8.64. The first-order valence-electron chi connectivity index (χ1n) is 7.75. The molecule has 0 atom stereocenters. The second-order valence-electron chi connectivity index (χ2n) is 5.46. The molecule has 0 unspecified atom stereocenters. The smallest absolute Gasteiger partial charge is 0.321 e. The number of hydrogen-bond donors (Lipinski definition) is 1. The zero-order valence-electron chi connectivity index (χ0n) is 14.2. The molecule has 2 aromatic carbocycles. The average molecular weight is 363 g/mol. The number of nitrogens with one attached hydrogen (secondary N) is 1. The van der Waals surface area contributed by atoms with Gasteiger partial charge >= 0.3 is 5.97 Å². The maximum absolute atomic E-state index is 12.1. The monoisotopic (exact) mass is 363 g/mol. The molecule has 2 aromatic rings. The van der Waals surface area contributed by atoms with Gasteiger partial charge in [-0.2, -0.15) is 4.72 Å². The first-order valence-corrected chi connectivity index (χ1v) is 9.24. The number of benzene rings is 2. The highest BCUT2D eigenvalue weighted by Crippen LogP contribution is 2.12. The van der Waals surface area contributed by atoms with Crippen LogP contribution in [0.4, 0.5) is 0 Å². The van der Waals surface area contributed by atoms with Crippen LogP contribution < -0.4 is 9.46 Å². The molecule has 0 fully saturated rings. The van der Waals surface area contributed by atoms with Crippen LogP contribution in [-0.2, 0) is 26.0 Å². The van der Waals surface area contributed by atoms with E-state index < -0.39 is 22.5 Å². The molecule has 0 amide bonds. The predicted molar refractivity (Wildman–Crippen MR) is 94.0 cm³/mol. The van der Waals surface area contributed by atoms with Gasteiger partial charge in [0.1, 0.15) is 12.3 Å². The largest absolute Gasteiger partial charge is 0.497 e. The van der Waals surface area contributed by atoms with Crippen molar-refractivity contribution in [3.8, 4) is 5.75 Å². The maximum atomic E-state index is 12.1. The molecule has 0 aromatic heterocycles. The van der Waals surface area contributed by atoms with Gasteiger partial charge in [0.2, 0.25) is 10.0 Å². The Kier molecular flexibility index (Phi) is 6.55. The predicted octanol–water partition coefficient (Wildman–Crippen LogP) is 2.07. The minimum Gasteiger partial charge on any atom is -0.497 e. The third kappa shape index (κ3) is 5.88. The molecule has 0 saturated carbocycles. The number of sulfonamides is 1. The number of aryl methyl sites for hydroxylation is 1. The van der Waals surface area contributed by atoms with Gasteiger partial charge in [-0.3, -0.25) is 4.79 Å². The van der Waals surface area contributed by atoms with E-state index >= 15 is 0 Å². The van der Waals surface area contributed by atoms with Crippen molar-refractivity contribution in [1.29, 1.82) is 0 Å². The fourth-order valence-electron chi connectivity index (χ4n) is 2.08. The molecule has 0 bridgehead atoms. The number of carbonyl (C=O) groups excluding carboxylic acids is 1. The SMILES string of the molecule is COc1ccc(CCOC(=O)CNS(=O)(=O)c2ccc(C)cc2)cc1. The van der Waals surface area contributed by atoms with E-state index in [1.165, 1.54) is 12.1 Å². The fourth-order valence-corrected chi connectivity index (χ4v) is 3.05. The maximum Gasteiger partial charge on any atom is 0.321 e. The van der Waals surface area contributed by atoms with E-state index in [-0.39, 0.29) is 11.5 Å². The van der Waals surface area contributed by atoms with Gasteiger partial charge in [0.25, 0.3) is 0 Å². The van der Waals surface area contributed by atoms with Crippen LogP contribution >= 0.6 is 0 Å². The van der Waals surface area contributed by atoms with Crippen molar-refractivity contribution in [2.45, 2.75) is 18.2 Å². The van der Waals surface area contributed by atoms with Crippen molar-refractivity contribution < 1.29 is 22.7 Å². The lowest BCUT2D eigenvalue weighted by molar-refractivity contribution is -0.142. The van der Waals surface area contributed by atoms with Crippen molar-refractivity contribution in [3.05, 3.63) is 59.7 Å². The minimum absolute atomic E-state index is 0.115. The zero-order valence-corrected chi connectivity index (χ0v) is 15.0. The summed E-state index contributed by atoms with van der Waals surface area (Å²) in [4.78, 5) is 11.8. The summed E-state index contributed by atoms with van der Waals surface area (Å²) < 4.78 is 36.5. The van der Waals surface area contributed by atoms with Crippen molar-refractivity contribution in [2.75, 3.05) is 20.3 Å². The highest BCUT2D eigenvalue weighted by molar-refractivity contribution is 7.89. The molecule has 0 radical (unpaired) electrons. The topological polar surface area (TPSA) is 81.7 Å². The van der Waals surface area contributed by atoms with E-state index in [1.807, 2.05) is 31.2 Å². The number of methoxy groups -OCH3 is 1. The first kappa shape index (κ1) is 19.0. The minimum atomic E-state index is -3.72. The van der Waals surface area contributed by atoms with Gasteiger partial charge in [-0.05, 0) is 36.8 Å². The van der Waals surface area contributed by atoms with Crippen LogP contribution in [-0.4, -0.2) is 34.6 Å². The average Bonchev–Trinajstić information content (AvgIpc) is 2.61. The Morgan fingerprint density at radius 2 is 1.68 bits per heavy atom. The van der Waals surface area contributed by atoms with Crippen LogP contribution in [0.1, 0.15) is 11.1 Å². The van der Waals surface area contributed by atoms with Crippen LogP contribution in [0, 0.1) is 6.92 Å². The van der Waals surface area contributed by atoms with E-state index in [0.29, 0.717) is 6.42 Å². The zero-order chi connectivity index (χ0) is 18.3. The summed E-state index contributed by atoms with van der Waals surface area (Å²) in [5, 5.41) is 0. The second-order valence-corrected chi connectivity index (χ2v) is 7.22. The molecule has 7 heteroatoms. The molecule has 134 valence electrons. The molecular formula is C18H21NO5S. The highest BCUT2D eigenvalue weighted by atomic mass is 32.2. The fraction of sp³-hybridized carbons (Fsp3) is 0.278. The lowest BCUT2D eigenvalue weighted by atomic mass is 10.1. The van der Waals surface area contributed by atoms with Gasteiger partial charge in [0.05, 0.1) is 18.6 Å². The summed E-state index contributed by atoms with van der Waals surface area (Å²) in [6.07, 6.45) is 0.542. The molecule has 1 N–H and O–H groups in total. The van der Waals surface area contributed by atoms with E-state index in [9.17, 15) is 13.2 Å². The van der Waals surface area contributed by atoms with Gasteiger partial charge in [0, 0.05) is 6.42 Å². The molecule has 0 aliphatic rings. The van der Waals surface area contributed by atoms with Crippen LogP contribution in [0.2, 0.25) is 0 Å². The Morgan fingerprint density at radius 1 is 1.04 bits per heavy atom. The van der Waals surface area contributed by atoms with Crippen molar-refractivity contribution in [2.24, 2.45) is 0 Å². The quantitative estimate of drug-likeness (QED) is 0.726. The summed E-state index contributed by atoms with van der Waals surface area (Å²) in [6, 6.07) is 13.8. The first-order chi connectivity index (χ1) is 11.9. The summed E-state index contributed by atoms with van der Waals surface area (Å²) in [6.45, 7) is 1.64. The molecule has 6 nitrogen and oxygen atoms in total. The van der Waals surface area contributed by atoms with Crippen molar-refractivity contribution in [3.63, 3.8) is 0 Å². The normalized spacial score (nSPS) is 11.1. The van der Waals surface area contributed by atoms with E-state index in [1.54, 1.807) is 19.2 Å². The standard InChI is InChI=1S/C18H21NO5S/c1-14-3-9-17(10-4-14)25(21,22)19-13-18(20)24-12-11-15-5-7-16(23-2)8-6-15/h3-10,19H,11-13H2,1-2H3. The van der Waals surface area contributed by atoms with E-state index in [4.69, 9.17) is 9.47 Å². The van der Waals surface area contributed by atoms with Gasteiger partial charge in [-0.15, -0.1) is 0 Å². The Morgan fingerprint density at radius 3 is 2.28 bits per heavy atom. The number of rotatable bonds is 8. The van der Waals surface area contributed by atoms with Crippen LogP contribution in [0.5, 0.6) is 5.75 Å². The van der Waals surface area contributed by atoms with Crippen LogP contribution in [0.15, 0.2) is 53.4 Å². The lowest BCUT2D eigenvalue weighted by Crippen LogP contribution is -2.31. The third-order valence-electron chi connectivity index (χ3n) is 3.55. The molecule has 25 heavy (non-hydrogen) atoms. The van der Waals surface area contributed by atoms with Gasteiger partial charge in [-0.25, -0.2) is 8.42 Å². The number of esters is 1. The molecule has 0 aliphatic carbocycles. The Labute approximate surface area is 147 Å². The highest BCUT2D eigenvalue weighted by Gasteiger charge is 2.15. The Bertz CT molecular complexity index is 798. The summed E-state index contributed by atoms with van der Waals surface area (Å²) in [5.41, 5.74) is 1.95. The summed E-state index contributed by atoms with van der Waals surface area (Å²) in [7, 11) is -2.13. The van der Waals surface area contributed by atoms with Crippen molar-refractivity contribution >= 4 is 16.0 Å². The number of hydrogen-bond acceptors (Lipinski definition) is 5. The molecule has 0 saturated heterocycles. The summed E-state index contributed by atoms with van der Waals surface area (Å²) >= 11 is 0. The van der Waals surface area contributed by atoms with E-state index in [2.05, 4.69) is 4.72 Å². The lowest BCUT2D eigenvalue weighted by Gasteiger charge is -2.08. The molecule has 0 aliphatic heterocycles. The Hall–Kier alpha value is -2.38. The van der Waals surface area contributed by atoms with Crippen LogP contribution in [0.25, 0.3) is 0 Å². The van der Waals surface area contributed by atoms with Gasteiger partial charge < -0.3 is 9.47 Å².